The van der Waals surface area contributed by atoms with Gasteiger partial charge in [-0.1, -0.05) is 6.07 Å². The van der Waals surface area contributed by atoms with Gasteiger partial charge in [0.05, 0.1) is 5.69 Å². The second-order valence-corrected chi connectivity index (χ2v) is 5.00. The molecule has 1 fully saturated rings. The van der Waals surface area contributed by atoms with Crippen LogP contribution < -0.4 is 4.90 Å². The Morgan fingerprint density at radius 2 is 2.28 bits per heavy atom. The van der Waals surface area contributed by atoms with E-state index in [4.69, 9.17) is 5.26 Å². The maximum Gasteiger partial charge on any atom is 0.143 e. The Kier molecular flexibility index (Phi) is 3.83. The second-order valence-electron chi connectivity index (χ2n) is 5.00. The fourth-order valence-electron chi connectivity index (χ4n) is 2.63. The molecule has 0 aliphatic carbocycles. The average molecular weight is 247 g/mol. The third-order valence-corrected chi connectivity index (χ3v) is 3.37. The van der Waals surface area contributed by atoms with Crippen LogP contribution in [0, 0.1) is 17.1 Å². The van der Waals surface area contributed by atoms with E-state index in [1.54, 1.807) is 6.07 Å². The molecule has 0 spiro atoms. The minimum Gasteiger partial charge on any atom is -0.366 e. The lowest BCUT2D eigenvalue weighted by Gasteiger charge is -2.29. The summed E-state index contributed by atoms with van der Waals surface area (Å²) < 4.78 is 13.6. The highest BCUT2D eigenvalue weighted by Crippen LogP contribution is 2.29. The predicted molar refractivity (Wildman–Crippen MR) is 70.0 cm³/mol. The van der Waals surface area contributed by atoms with Crippen molar-refractivity contribution in [3.63, 3.8) is 0 Å². The molecular weight excluding hydrogens is 229 g/mol. The van der Waals surface area contributed by atoms with E-state index < -0.39 is 5.82 Å². The van der Waals surface area contributed by atoms with Gasteiger partial charge in [0.2, 0.25) is 0 Å². The molecular formula is C14H18FN3. The van der Waals surface area contributed by atoms with Crippen LogP contribution in [0.3, 0.4) is 0 Å². The summed E-state index contributed by atoms with van der Waals surface area (Å²) in [5.74, 6) is -0.425. The maximum atomic E-state index is 13.6. The van der Waals surface area contributed by atoms with Gasteiger partial charge in [0.1, 0.15) is 17.4 Å². The molecule has 18 heavy (non-hydrogen) atoms. The van der Waals surface area contributed by atoms with E-state index in [1.807, 2.05) is 26.2 Å². The highest BCUT2D eigenvalue weighted by molar-refractivity contribution is 5.61. The molecule has 1 atom stereocenters. The van der Waals surface area contributed by atoms with E-state index in [9.17, 15) is 4.39 Å². The number of anilines is 1. The van der Waals surface area contributed by atoms with Crippen LogP contribution in [0.25, 0.3) is 0 Å². The number of rotatable bonds is 3. The zero-order valence-corrected chi connectivity index (χ0v) is 10.9. The molecule has 1 aromatic rings. The maximum absolute atomic E-state index is 13.6. The van der Waals surface area contributed by atoms with Crippen LogP contribution >= 0.6 is 0 Å². The summed E-state index contributed by atoms with van der Waals surface area (Å²) >= 11 is 0. The van der Waals surface area contributed by atoms with Crippen LogP contribution in [-0.4, -0.2) is 38.1 Å². The summed E-state index contributed by atoms with van der Waals surface area (Å²) in [6, 6.07) is 7.22. The van der Waals surface area contributed by atoms with Gasteiger partial charge in [-0.2, -0.15) is 5.26 Å². The SMILES string of the molecule is CN(C)CC1CCCN1c1cccc(F)c1C#N. The van der Waals surface area contributed by atoms with Crippen LogP contribution in [0.15, 0.2) is 18.2 Å². The monoisotopic (exact) mass is 247 g/mol. The summed E-state index contributed by atoms with van der Waals surface area (Å²) in [6.07, 6.45) is 2.19. The molecule has 0 N–H and O–H groups in total. The van der Waals surface area contributed by atoms with E-state index in [0.29, 0.717) is 6.04 Å². The van der Waals surface area contributed by atoms with E-state index in [0.717, 1.165) is 31.6 Å². The first-order chi connectivity index (χ1) is 8.63. The van der Waals surface area contributed by atoms with Crippen molar-refractivity contribution in [1.82, 2.24) is 4.90 Å². The lowest BCUT2D eigenvalue weighted by molar-refractivity contribution is 0.372. The summed E-state index contributed by atoms with van der Waals surface area (Å²) in [4.78, 5) is 4.30. The van der Waals surface area contributed by atoms with E-state index in [1.165, 1.54) is 6.07 Å². The molecule has 0 aromatic heterocycles. The van der Waals surface area contributed by atoms with Gasteiger partial charge in [-0.15, -0.1) is 0 Å². The lowest BCUT2D eigenvalue weighted by atomic mass is 10.1. The van der Waals surface area contributed by atoms with Crippen molar-refractivity contribution in [2.75, 3.05) is 32.1 Å². The summed E-state index contributed by atoms with van der Waals surface area (Å²) in [5.41, 5.74) is 0.907. The van der Waals surface area contributed by atoms with Gasteiger partial charge in [-0.05, 0) is 39.1 Å². The number of halogens is 1. The van der Waals surface area contributed by atoms with Crippen LogP contribution in [0.5, 0.6) is 0 Å². The quantitative estimate of drug-likeness (QED) is 0.820. The zero-order valence-electron chi connectivity index (χ0n) is 10.9. The molecule has 3 nitrogen and oxygen atoms in total. The largest absolute Gasteiger partial charge is 0.366 e. The molecule has 1 aliphatic heterocycles. The first-order valence-corrected chi connectivity index (χ1v) is 6.23. The van der Waals surface area contributed by atoms with Crippen molar-refractivity contribution < 1.29 is 4.39 Å². The van der Waals surface area contributed by atoms with Crippen LogP contribution in [0.4, 0.5) is 10.1 Å². The Balaban J connectivity index is 2.31. The van der Waals surface area contributed by atoms with Crippen molar-refractivity contribution >= 4 is 5.69 Å². The number of nitrogens with zero attached hydrogens (tertiary/aromatic N) is 3. The van der Waals surface area contributed by atoms with Gasteiger partial charge in [0.15, 0.2) is 0 Å². The Morgan fingerprint density at radius 3 is 2.94 bits per heavy atom. The molecule has 0 amide bonds. The fourth-order valence-corrected chi connectivity index (χ4v) is 2.63. The highest BCUT2D eigenvalue weighted by Gasteiger charge is 2.27. The minimum atomic E-state index is -0.425. The third kappa shape index (κ3) is 2.46. The van der Waals surface area contributed by atoms with E-state index >= 15 is 0 Å². The molecule has 1 saturated heterocycles. The number of hydrogen-bond acceptors (Lipinski definition) is 3. The number of hydrogen-bond donors (Lipinski definition) is 0. The normalized spacial score (nSPS) is 19.3. The number of benzene rings is 1. The van der Waals surface area contributed by atoms with Gasteiger partial charge in [0.25, 0.3) is 0 Å². The first kappa shape index (κ1) is 12.8. The van der Waals surface area contributed by atoms with Gasteiger partial charge < -0.3 is 9.80 Å². The van der Waals surface area contributed by atoms with Gasteiger partial charge in [0, 0.05) is 19.1 Å². The molecule has 0 bridgehead atoms. The average Bonchev–Trinajstić information content (AvgIpc) is 2.75. The minimum absolute atomic E-state index is 0.170. The Bertz CT molecular complexity index is 465. The van der Waals surface area contributed by atoms with Gasteiger partial charge in [-0.3, -0.25) is 0 Å². The molecule has 0 radical (unpaired) electrons. The van der Waals surface area contributed by atoms with Gasteiger partial charge >= 0.3 is 0 Å². The van der Waals surface area contributed by atoms with E-state index in [-0.39, 0.29) is 5.56 Å². The van der Waals surface area contributed by atoms with Crippen molar-refractivity contribution in [2.45, 2.75) is 18.9 Å². The van der Waals surface area contributed by atoms with Crippen molar-refractivity contribution in [2.24, 2.45) is 0 Å². The Morgan fingerprint density at radius 1 is 1.50 bits per heavy atom. The highest BCUT2D eigenvalue weighted by atomic mass is 19.1. The number of nitriles is 1. The number of likely N-dealkylation sites (N-methyl/N-ethyl adjacent to an activating group) is 1. The molecule has 0 saturated carbocycles. The van der Waals surface area contributed by atoms with Crippen molar-refractivity contribution in [1.29, 1.82) is 5.26 Å². The molecule has 4 heteroatoms. The molecule has 1 aromatic carbocycles. The Hall–Kier alpha value is -1.60. The molecule has 1 heterocycles. The molecule has 1 unspecified atom stereocenters. The zero-order chi connectivity index (χ0) is 13.1. The summed E-state index contributed by atoms with van der Waals surface area (Å²) in [7, 11) is 4.07. The van der Waals surface area contributed by atoms with E-state index in [2.05, 4.69) is 9.80 Å². The molecule has 96 valence electrons. The predicted octanol–water partition coefficient (Wildman–Crippen LogP) is 2.23. The van der Waals surface area contributed by atoms with Crippen molar-refractivity contribution in [3.8, 4) is 6.07 Å². The standard InChI is InChI=1S/C14H18FN3/c1-17(2)10-11-5-4-8-18(11)14-7-3-6-13(15)12(14)9-16/h3,6-7,11H,4-5,8,10H2,1-2H3. The topological polar surface area (TPSA) is 30.3 Å². The Labute approximate surface area is 107 Å². The third-order valence-electron chi connectivity index (χ3n) is 3.37. The smallest absolute Gasteiger partial charge is 0.143 e. The summed E-state index contributed by atoms with van der Waals surface area (Å²) in [5, 5.41) is 9.10. The summed E-state index contributed by atoms with van der Waals surface area (Å²) in [6.45, 7) is 1.83. The molecule has 1 aliphatic rings. The second kappa shape index (κ2) is 5.36. The molecule has 2 rings (SSSR count). The van der Waals surface area contributed by atoms with Crippen LogP contribution in [0.2, 0.25) is 0 Å². The van der Waals surface area contributed by atoms with Crippen LogP contribution in [-0.2, 0) is 0 Å². The fraction of sp³-hybridized carbons (Fsp3) is 0.500. The van der Waals surface area contributed by atoms with Crippen molar-refractivity contribution in [3.05, 3.63) is 29.6 Å². The lowest BCUT2D eigenvalue weighted by Crippen LogP contribution is -2.38. The first-order valence-electron chi connectivity index (χ1n) is 6.23. The van der Waals surface area contributed by atoms with Gasteiger partial charge in [-0.25, -0.2) is 4.39 Å². The van der Waals surface area contributed by atoms with Crippen LogP contribution in [0.1, 0.15) is 18.4 Å².